The van der Waals surface area contributed by atoms with Crippen LogP contribution in [-0.2, 0) is 11.3 Å². The molecule has 1 unspecified atom stereocenters. The van der Waals surface area contributed by atoms with Gasteiger partial charge in [-0.1, -0.05) is 52.3 Å². The van der Waals surface area contributed by atoms with Crippen LogP contribution in [0.2, 0.25) is 0 Å². The third-order valence-corrected chi connectivity index (χ3v) is 7.49. The largest absolute Gasteiger partial charge is 0.508 e. The van der Waals surface area contributed by atoms with E-state index in [4.69, 9.17) is 4.98 Å². The van der Waals surface area contributed by atoms with Crippen LogP contribution in [0.3, 0.4) is 0 Å². The first-order valence-electron chi connectivity index (χ1n) is 11.9. The van der Waals surface area contributed by atoms with E-state index in [0.29, 0.717) is 11.8 Å². The Balaban J connectivity index is 1.32. The van der Waals surface area contributed by atoms with Gasteiger partial charge in [-0.25, -0.2) is 4.98 Å². The maximum atomic E-state index is 12.6. The quantitative estimate of drug-likeness (QED) is 0.349. The summed E-state index contributed by atoms with van der Waals surface area (Å²) >= 11 is 3.62. The number of fused-ring (bicyclic) bond motifs is 1. The Labute approximate surface area is 207 Å². The minimum Gasteiger partial charge on any atom is -0.508 e. The molecule has 1 aromatic heterocycles. The molecule has 1 amide bonds. The topological polar surface area (TPSA) is 58.4 Å². The van der Waals surface area contributed by atoms with E-state index < -0.39 is 0 Å². The number of hydrogen-bond donors (Lipinski definition) is 1. The van der Waals surface area contributed by atoms with Crippen LogP contribution in [0, 0.1) is 11.8 Å². The van der Waals surface area contributed by atoms with E-state index >= 15 is 0 Å². The fourth-order valence-electron chi connectivity index (χ4n) is 5.03. The van der Waals surface area contributed by atoms with E-state index in [1.807, 2.05) is 18.2 Å². The van der Waals surface area contributed by atoms with Gasteiger partial charge in [0.25, 0.3) is 0 Å². The van der Waals surface area contributed by atoms with Crippen molar-refractivity contribution in [2.24, 2.45) is 11.8 Å². The molecule has 2 heterocycles. The van der Waals surface area contributed by atoms with Crippen LogP contribution < -0.4 is 0 Å². The fourth-order valence-corrected chi connectivity index (χ4v) is 5.38. The molecule has 1 N–H and O–H groups in total. The van der Waals surface area contributed by atoms with Crippen molar-refractivity contribution in [1.29, 1.82) is 0 Å². The summed E-state index contributed by atoms with van der Waals surface area (Å²) in [6.07, 6.45) is 3.15. The molecule has 1 saturated carbocycles. The van der Waals surface area contributed by atoms with Crippen molar-refractivity contribution >= 4 is 32.9 Å². The maximum absolute atomic E-state index is 12.6. The SMILES string of the molecule is O=C(C1CC1)N1CCC(Cn2c(-c3ccc(-c4cccc(O)c4)cc3)nc3ccc(Br)cc32)C1. The summed E-state index contributed by atoms with van der Waals surface area (Å²) in [6.45, 7) is 2.54. The highest BCUT2D eigenvalue weighted by atomic mass is 79.9. The van der Waals surface area contributed by atoms with Gasteiger partial charge in [-0.2, -0.15) is 0 Å². The molecule has 2 aliphatic rings. The lowest BCUT2D eigenvalue weighted by atomic mass is 10.0. The number of aromatic hydroxyl groups is 1. The Kier molecular flexibility index (Phi) is 5.41. The molecule has 6 rings (SSSR count). The molecule has 1 atom stereocenters. The van der Waals surface area contributed by atoms with Crippen molar-refractivity contribution in [1.82, 2.24) is 14.5 Å². The zero-order valence-corrected chi connectivity index (χ0v) is 20.4. The Morgan fingerprint density at radius 2 is 1.76 bits per heavy atom. The van der Waals surface area contributed by atoms with Gasteiger partial charge >= 0.3 is 0 Å². The molecule has 5 nitrogen and oxygen atoms in total. The zero-order valence-electron chi connectivity index (χ0n) is 18.8. The summed E-state index contributed by atoms with van der Waals surface area (Å²) in [7, 11) is 0. The van der Waals surface area contributed by atoms with E-state index in [2.05, 4.69) is 61.8 Å². The second-order valence-corrected chi connectivity index (χ2v) is 10.4. The van der Waals surface area contributed by atoms with Crippen LogP contribution in [0.15, 0.2) is 71.2 Å². The van der Waals surface area contributed by atoms with Crippen molar-refractivity contribution in [3.63, 3.8) is 0 Å². The van der Waals surface area contributed by atoms with Gasteiger partial charge in [0.15, 0.2) is 0 Å². The molecule has 6 heteroatoms. The van der Waals surface area contributed by atoms with E-state index in [1.165, 1.54) is 0 Å². The summed E-state index contributed by atoms with van der Waals surface area (Å²) in [4.78, 5) is 19.6. The lowest BCUT2D eigenvalue weighted by Gasteiger charge is -2.18. The number of rotatable bonds is 5. The van der Waals surface area contributed by atoms with Crippen molar-refractivity contribution in [3.05, 3.63) is 71.2 Å². The van der Waals surface area contributed by atoms with Gasteiger partial charge in [-0.05, 0) is 66.6 Å². The van der Waals surface area contributed by atoms with Gasteiger partial charge in [0, 0.05) is 35.6 Å². The number of carbonyl (C=O) groups excluding carboxylic acids is 1. The van der Waals surface area contributed by atoms with Crippen LogP contribution >= 0.6 is 15.9 Å². The van der Waals surface area contributed by atoms with Gasteiger partial charge < -0.3 is 14.6 Å². The number of nitrogens with zero attached hydrogens (tertiary/aromatic N) is 3. The van der Waals surface area contributed by atoms with Crippen LogP contribution in [-0.4, -0.2) is 38.6 Å². The zero-order chi connectivity index (χ0) is 23.2. The number of carbonyl (C=O) groups is 1. The number of imidazole rings is 1. The number of halogens is 1. The van der Waals surface area contributed by atoms with Crippen LogP contribution in [0.4, 0.5) is 0 Å². The lowest BCUT2D eigenvalue weighted by molar-refractivity contribution is -0.131. The average molecular weight is 516 g/mol. The average Bonchev–Trinajstić information content (AvgIpc) is 3.50. The second kappa shape index (κ2) is 8.58. The van der Waals surface area contributed by atoms with Crippen molar-refractivity contribution < 1.29 is 9.90 Å². The minimum absolute atomic E-state index is 0.264. The molecular formula is C28H26BrN3O2. The summed E-state index contributed by atoms with van der Waals surface area (Å²) in [5.41, 5.74) is 5.16. The molecule has 0 bridgehead atoms. The van der Waals surface area contributed by atoms with Crippen molar-refractivity contribution in [2.45, 2.75) is 25.8 Å². The molecule has 1 aliphatic carbocycles. The lowest BCUT2D eigenvalue weighted by Crippen LogP contribution is -2.30. The molecule has 4 aromatic rings. The van der Waals surface area contributed by atoms with Gasteiger partial charge in [-0.3, -0.25) is 4.79 Å². The normalized spacial score (nSPS) is 18.0. The molecule has 2 fully saturated rings. The maximum Gasteiger partial charge on any atom is 0.225 e. The Morgan fingerprint density at radius 1 is 0.971 bits per heavy atom. The second-order valence-electron chi connectivity index (χ2n) is 9.52. The number of aromatic nitrogens is 2. The summed E-state index contributed by atoms with van der Waals surface area (Å²) < 4.78 is 3.35. The summed E-state index contributed by atoms with van der Waals surface area (Å²) in [5.74, 6) is 2.26. The highest BCUT2D eigenvalue weighted by Crippen LogP contribution is 2.35. The van der Waals surface area contributed by atoms with Crippen molar-refractivity contribution in [2.75, 3.05) is 13.1 Å². The van der Waals surface area contributed by atoms with E-state index in [1.54, 1.807) is 12.1 Å². The first kappa shape index (κ1) is 21.4. The fraction of sp³-hybridized carbons (Fsp3) is 0.286. The number of phenolic OH excluding ortho intramolecular Hbond substituents is 1. The van der Waals surface area contributed by atoms with Gasteiger partial charge in [0.1, 0.15) is 11.6 Å². The third-order valence-electron chi connectivity index (χ3n) is 7.00. The van der Waals surface area contributed by atoms with E-state index in [-0.39, 0.29) is 11.7 Å². The molecule has 172 valence electrons. The van der Waals surface area contributed by atoms with Crippen LogP contribution in [0.25, 0.3) is 33.5 Å². The first-order chi connectivity index (χ1) is 16.5. The minimum atomic E-state index is 0.264. The molecule has 3 aromatic carbocycles. The number of benzene rings is 3. The Morgan fingerprint density at radius 3 is 2.53 bits per heavy atom. The highest BCUT2D eigenvalue weighted by molar-refractivity contribution is 9.10. The number of phenols is 1. The van der Waals surface area contributed by atoms with E-state index in [9.17, 15) is 9.90 Å². The molecule has 1 aliphatic heterocycles. The Bertz CT molecular complexity index is 1370. The highest BCUT2D eigenvalue weighted by Gasteiger charge is 2.36. The van der Waals surface area contributed by atoms with Crippen LogP contribution in [0.5, 0.6) is 5.75 Å². The number of hydrogen-bond acceptors (Lipinski definition) is 3. The Hall–Kier alpha value is -3.12. The smallest absolute Gasteiger partial charge is 0.225 e. The van der Waals surface area contributed by atoms with E-state index in [0.717, 1.165) is 76.9 Å². The predicted octanol–water partition coefficient (Wildman–Crippen LogP) is 6.10. The number of likely N-dealkylation sites (tertiary alicyclic amines) is 1. The summed E-state index contributed by atoms with van der Waals surface area (Å²) in [6, 6.07) is 21.9. The van der Waals surface area contributed by atoms with Gasteiger partial charge in [0.05, 0.1) is 11.0 Å². The monoisotopic (exact) mass is 515 g/mol. The molecule has 1 saturated heterocycles. The molecule has 0 spiro atoms. The molecule has 34 heavy (non-hydrogen) atoms. The van der Waals surface area contributed by atoms with Gasteiger partial charge in [0.2, 0.25) is 5.91 Å². The van der Waals surface area contributed by atoms with Gasteiger partial charge in [-0.15, -0.1) is 0 Å². The molecule has 0 radical (unpaired) electrons. The third kappa shape index (κ3) is 4.11. The molecular weight excluding hydrogens is 490 g/mol. The van der Waals surface area contributed by atoms with Crippen LogP contribution in [0.1, 0.15) is 19.3 Å². The predicted molar refractivity (Wildman–Crippen MR) is 137 cm³/mol. The summed E-state index contributed by atoms with van der Waals surface area (Å²) in [5, 5.41) is 9.83. The van der Waals surface area contributed by atoms with Crippen molar-refractivity contribution in [3.8, 4) is 28.3 Å². The number of amides is 1. The first-order valence-corrected chi connectivity index (χ1v) is 12.7. The standard InChI is InChI=1S/C28H26BrN3O2/c29-23-10-11-25-26(15-23)32(17-18-12-13-31(16-18)28(34)21-8-9-21)27(30-25)20-6-4-19(5-7-20)22-2-1-3-24(33)14-22/h1-7,10-11,14-15,18,21,33H,8-9,12-13,16-17H2.